The second-order valence-corrected chi connectivity index (χ2v) is 4.38. The van der Waals surface area contributed by atoms with Gasteiger partial charge in [-0.25, -0.2) is 0 Å². The molecule has 1 N–H and O–H groups in total. The summed E-state index contributed by atoms with van der Waals surface area (Å²) >= 11 is 0. The van der Waals surface area contributed by atoms with Crippen molar-refractivity contribution in [3.8, 4) is 0 Å². The van der Waals surface area contributed by atoms with E-state index in [0.717, 1.165) is 18.4 Å². The van der Waals surface area contributed by atoms with Gasteiger partial charge in [0.25, 0.3) is 0 Å². The van der Waals surface area contributed by atoms with Crippen LogP contribution in [0, 0.1) is 11.8 Å². The lowest BCUT2D eigenvalue weighted by atomic mass is 9.82. The Balaban J connectivity index is 1.90. The maximum Gasteiger partial charge on any atom is 0.0359 e. The highest BCUT2D eigenvalue weighted by molar-refractivity contribution is 5.23. The lowest BCUT2D eigenvalue weighted by Crippen LogP contribution is -2.50. The van der Waals surface area contributed by atoms with Gasteiger partial charge in [-0.1, -0.05) is 12.2 Å². The molecule has 70 valence electrons. The predicted octanol–water partition coefficient (Wildman–Crippen LogP) is 0.981. The van der Waals surface area contributed by atoms with Crippen molar-refractivity contribution < 1.29 is 0 Å². The number of nitrogens with zero attached hydrogens (tertiary/aromatic N) is 1. The van der Waals surface area contributed by atoms with Gasteiger partial charge in [-0.2, -0.15) is 0 Å². The van der Waals surface area contributed by atoms with Crippen molar-refractivity contribution in [1.29, 1.82) is 0 Å². The van der Waals surface area contributed by atoms with E-state index in [1.807, 2.05) is 0 Å². The Hall–Kier alpha value is -0.760. The van der Waals surface area contributed by atoms with Crippen LogP contribution in [0.4, 0.5) is 0 Å². The summed E-state index contributed by atoms with van der Waals surface area (Å²) in [5, 5.41) is 3.53. The summed E-state index contributed by atoms with van der Waals surface area (Å²) in [6.07, 6.45) is 8.18. The van der Waals surface area contributed by atoms with E-state index in [1.165, 1.54) is 26.1 Å². The summed E-state index contributed by atoms with van der Waals surface area (Å²) in [7, 11) is 0. The average Bonchev–Trinajstić information content (AvgIpc) is 2.18. The Labute approximate surface area is 79.3 Å². The second kappa shape index (κ2) is 2.88. The first-order chi connectivity index (χ1) is 6.43. The SMILES string of the molecule is C1=CCN2CC3CNCC(C3)C2=C1. The van der Waals surface area contributed by atoms with Gasteiger partial charge in [0.1, 0.15) is 0 Å². The van der Waals surface area contributed by atoms with Crippen molar-refractivity contribution in [3.63, 3.8) is 0 Å². The molecule has 0 aromatic heterocycles. The van der Waals surface area contributed by atoms with Crippen LogP contribution in [0.1, 0.15) is 6.42 Å². The van der Waals surface area contributed by atoms with Crippen molar-refractivity contribution in [1.82, 2.24) is 10.2 Å². The van der Waals surface area contributed by atoms with Gasteiger partial charge in [-0.05, 0) is 25.0 Å². The van der Waals surface area contributed by atoms with Crippen LogP contribution in [0.5, 0.6) is 0 Å². The van der Waals surface area contributed by atoms with Gasteiger partial charge in [-0.3, -0.25) is 0 Å². The highest BCUT2D eigenvalue weighted by Gasteiger charge is 2.33. The van der Waals surface area contributed by atoms with Crippen LogP contribution < -0.4 is 5.32 Å². The zero-order valence-corrected chi connectivity index (χ0v) is 7.87. The van der Waals surface area contributed by atoms with Crippen LogP contribution in [-0.2, 0) is 0 Å². The molecule has 2 bridgehead atoms. The van der Waals surface area contributed by atoms with Crippen molar-refractivity contribution in [2.45, 2.75) is 6.42 Å². The van der Waals surface area contributed by atoms with Gasteiger partial charge in [-0.15, -0.1) is 0 Å². The first-order valence-corrected chi connectivity index (χ1v) is 5.26. The fourth-order valence-electron chi connectivity index (χ4n) is 2.85. The van der Waals surface area contributed by atoms with Crippen molar-refractivity contribution in [3.05, 3.63) is 23.9 Å². The van der Waals surface area contributed by atoms with Crippen molar-refractivity contribution in [2.75, 3.05) is 26.2 Å². The van der Waals surface area contributed by atoms with Gasteiger partial charge in [0.15, 0.2) is 0 Å². The highest BCUT2D eigenvalue weighted by Crippen LogP contribution is 2.33. The Morgan fingerprint density at radius 3 is 3.38 bits per heavy atom. The molecule has 2 saturated heterocycles. The zero-order chi connectivity index (χ0) is 8.67. The molecule has 2 unspecified atom stereocenters. The normalized spacial score (nSPS) is 36.9. The Morgan fingerprint density at radius 2 is 2.38 bits per heavy atom. The molecule has 2 heteroatoms. The molecule has 0 amide bonds. The summed E-state index contributed by atoms with van der Waals surface area (Å²) in [6.45, 7) is 4.81. The molecule has 2 fully saturated rings. The van der Waals surface area contributed by atoms with Crippen LogP contribution in [0.25, 0.3) is 0 Å². The fourth-order valence-corrected chi connectivity index (χ4v) is 2.85. The minimum atomic E-state index is 0.789. The summed E-state index contributed by atoms with van der Waals surface area (Å²) in [5.74, 6) is 1.68. The maximum atomic E-state index is 3.53. The molecule has 0 saturated carbocycles. The topological polar surface area (TPSA) is 15.3 Å². The van der Waals surface area contributed by atoms with Gasteiger partial charge in [0, 0.05) is 31.2 Å². The zero-order valence-electron chi connectivity index (χ0n) is 7.87. The molecular weight excluding hydrogens is 160 g/mol. The third kappa shape index (κ3) is 1.20. The molecule has 0 aliphatic carbocycles. The van der Waals surface area contributed by atoms with Crippen molar-refractivity contribution in [2.24, 2.45) is 11.8 Å². The van der Waals surface area contributed by atoms with Crippen molar-refractivity contribution >= 4 is 0 Å². The first-order valence-electron chi connectivity index (χ1n) is 5.26. The van der Waals surface area contributed by atoms with E-state index in [9.17, 15) is 0 Å². The Bertz CT molecular complexity index is 267. The largest absolute Gasteiger partial charge is 0.370 e. The number of rotatable bonds is 0. The van der Waals surface area contributed by atoms with Gasteiger partial charge >= 0.3 is 0 Å². The fraction of sp³-hybridized carbons (Fsp3) is 0.636. The third-order valence-electron chi connectivity index (χ3n) is 3.43. The van der Waals surface area contributed by atoms with Crippen LogP contribution in [0.2, 0.25) is 0 Å². The van der Waals surface area contributed by atoms with E-state index in [4.69, 9.17) is 0 Å². The Morgan fingerprint density at radius 1 is 1.38 bits per heavy atom. The number of hydrogen-bond acceptors (Lipinski definition) is 2. The van der Waals surface area contributed by atoms with Gasteiger partial charge in [0.05, 0.1) is 0 Å². The second-order valence-electron chi connectivity index (χ2n) is 4.38. The minimum Gasteiger partial charge on any atom is -0.370 e. The lowest BCUT2D eigenvalue weighted by molar-refractivity contribution is 0.156. The average molecular weight is 176 g/mol. The molecule has 3 aliphatic heterocycles. The summed E-state index contributed by atoms with van der Waals surface area (Å²) < 4.78 is 0. The van der Waals surface area contributed by atoms with Crippen LogP contribution >= 0.6 is 0 Å². The van der Waals surface area contributed by atoms with Gasteiger partial charge < -0.3 is 10.2 Å². The molecule has 3 heterocycles. The van der Waals surface area contributed by atoms with E-state index < -0.39 is 0 Å². The molecule has 0 radical (unpaired) electrons. The smallest absolute Gasteiger partial charge is 0.0359 e. The number of nitrogens with one attached hydrogen (secondary N) is 1. The number of hydrogen-bond donors (Lipinski definition) is 1. The molecule has 13 heavy (non-hydrogen) atoms. The number of allylic oxidation sites excluding steroid dienone is 2. The standard InChI is InChI=1S/C11H16N2/c1-2-4-13-8-9-5-10(7-12-6-9)11(13)3-1/h1-3,9-10,12H,4-8H2. The highest BCUT2D eigenvalue weighted by atomic mass is 15.2. The summed E-state index contributed by atoms with van der Waals surface area (Å²) in [5.41, 5.74) is 1.57. The number of piperidine rings is 2. The van der Waals surface area contributed by atoms with Crippen LogP contribution in [-0.4, -0.2) is 31.1 Å². The summed E-state index contributed by atoms with van der Waals surface area (Å²) in [6, 6.07) is 0. The third-order valence-corrected chi connectivity index (χ3v) is 3.43. The molecule has 0 spiro atoms. The number of fused-ring (bicyclic) bond motifs is 4. The minimum absolute atomic E-state index is 0.789. The lowest BCUT2D eigenvalue weighted by Gasteiger charge is -2.45. The van der Waals surface area contributed by atoms with Crippen LogP contribution in [0.15, 0.2) is 23.9 Å². The van der Waals surface area contributed by atoms with E-state index in [0.29, 0.717) is 0 Å². The molecule has 2 nitrogen and oxygen atoms in total. The molecule has 3 aliphatic rings. The first kappa shape index (κ1) is 7.63. The Kier molecular flexibility index (Phi) is 1.69. The van der Waals surface area contributed by atoms with Crippen LogP contribution in [0.3, 0.4) is 0 Å². The molecule has 0 aromatic carbocycles. The molecular formula is C11H16N2. The molecule has 2 atom stereocenters. The predicted molar refractivity (Wildman–Crippen MR) is 53.3 cm³/mol. The van der Waals surface area contributed by atoms with E-state index in [2.05, 4.69) is 28.4 Å². The molecule has 0 aromatic rings. The van der Waals surface area contributed by atoms with E-state index in [-0.39, 0.29) is 0 Å². The monoisotopic (exact) mass is 176 g/mol. The maximum absolute atomic E-state index is 3.53. The van der Waals surface area contributed by atoms with E-state index in [1.54, 1.807) is 5.70 Å². The molecule has 3 rings (SSSR count). The quantitative estimate of drug-likeness (QED) is 0.592. The van der Waals surface area contributed by atoms with E-state index >= 15 is 0 Å². The summed E-state index contributed by atoms with van der Waals surface area (Å²) in [4.78, 5) is 2.56. The van der Waals surface area contributed by atoms with Gasteiger partial charge in [0.2, 0.25) is 0 Å².